The molecule has 0 saturated heterocycles. The fourth-order valence-corrected chi connectivity index (χ4v) is 2.13. The zero-order valence-electron chi connectivity index (χ0n) is 10.9. The van der Waals surface area contributed by atoms with Gasteiger partial charge in [0, 0.05) is 11.4 Å². The van der Waals surface area contributed by atoms with E-state index in [0.717, 1.165) is 11.1 Å². The van der Waals surface area contributed by atoms with Crippen LogP contribution in [0.1, 0.15) is 21.5 Å². The van der Waals surface area contributed by atoms with Crippen molar-refractivity contribution in [3.63, 3.8) is 0 Å². The maximum Gasteiger partial charge on any atom is 0.170 e. The second-order valence-corrected chi connectivity index (χ2v) is 4.81. The molecule has 3 heteroatoms. The molecule has 0 saturated carbocycles. The van der Waals surface area contributed by atoms with Crippen molar-refractivity contribution in [3.05, 3.63) is 64.2 Å². The predicted octanol–water partition coefficient (Wildman–Crippen LogP) is 4.08. The molecule has 2 aromatic carbocycles. The summed E-state index contributed by atoms with van der Waals surface area (Å²) < 4.78 is 5.21. The number of aryl methyl sites for hydroxylation is 1. The molecular formula is C16H15ClO2. The molecule has 98 valence electrons. The third-order valence-electron chi connectivity index (χ3n) is 3.08. The van der Waals surface area contributed by atoms with Gasteiger partial charge < -0.3 is 4.74 Å². The SMILES string of the molecule is COc1cc(Cl)ccc1C(=O)Cc1ccccc1C. The van der Waals surface area contributed by atoms with E-state index in [-0.39, 0.29) is 5.78 Å². The number of carbonyl (C=O) groups is 1. The molecule has 0 aliphatic rings. The van der Waals surface area contributed by atoms with Crippen LogP contribution >= 0.6 is 11.6 Å². The summed E-state index contributed by atoms with van der Waals surface area (Å²) >= 11 is 5.89. The van der Waals surface area contributed by atoms with Gasteiger partial charge in [-0.2, -0.15) is 0 Å². The van der Waals surface area contributed by atoms with Crippen molar-refractivity contribution >= 4 is 17.4 Å². The average Bonchev–Trinajstić information content (AvgIpc) is 2.41. The van der Waals surface area contributed by atoms with E-state index >= 15 is 0 Å². The highest BCUT2D eigenvalue weighted by atomic mass is 35.5. The Balaban J connectivity index is 2.28. The monoisotopic (exact) mass is 274 g/mol. The maximum absolute atomic E-state index is 12.3. The van der Waals surface area contributed by atoms with Gasteiger partial charge in [0.05, 0.1) is 12.7 Å². The minimum Gasteiger partial charge on any atom is -0.496 e. The topological polar surface area (TPSA) is 26.3 Å². The van der Waals surface area contributed by atoms with Gasteiger partial charge in [-0.3, -0.25) is 4.79 Å². The van der Waals surface area contributed by atoms with Gasteiger partial charge in [-0.05, 0) is 36.2 Å². The van der Waals surface area contributed by atoms with E-state index in [1.807, 2.05) is 31.2 Å². The Kier molecular flexibility index (Phi) is 4.23. The number of ketones is 1. The highest BCUT2D eigenvalue weighted by Gasteiger charge is 2.14. The molecule has 0 spiro atoms. The molecule has 2 nitrogen and oxygen atoms in total. The number of halogens is 1. The summed E-state index contributed by atoms with van der Waals surface area (Å²) in [6, 6.07) is 12.9. The van der Waals surface area contributed by atoms with E-state index in [1.165, 1.54) is 7.11 Å². The van der Waals surface area contributed by atoms with Crippen LogP contribution in [0.3, 0.4) is 0 Å². The van der Waals surface area contributed by atoms with Crippen LogP contribution in [0.15, 0.2) is 42.5 Å². The number of hydrogen-bond donors (Lipinski definition) is 0. The Labute approximate surface area is 118 Å². The molecular weight excluding hydrogens is 260 g/mol. The number of rotatable bonds is 4. The van der Waals surface area contributed by atoms with E-state index in [1.54, 1.807) is 18.2 Å². The van der Waals surface area contributed by atoms with Crippen LogP contribution in [0.25, 0.3) is 0 Å². The van der Waals surface area contributed by atoms with Gasteiger partial charge in [0.15, 0.2) is 5.78 Å². The molecule has 0 unspecified atom stereocenters. The lowest BCUT2D eigenvalue weighted by Crippen LogP contribution is -2.06. The molecule has 0 aliphatic heterocycles. The molecule has 0 amide bonds. The molecule has 0 aliphatic carbocycles. The Morgan fingerprint density at radius 3 is 2.63 bits per heavy atom. The van der Waals surface area contributed by atoms with Crippen LogP contribution in [0.4, 0.5) is 0 Å². The summed E-state index contributed by atoms with van der Waals surface area (Å²) in [5, 5.41) is 0.560. The molecule has 0 radical (unpaired) electrons. The van der Waals surface area contributed by atoms with Crippen LogP contribution in [0.2, 0.25) is 5.02 Å². The quantitative estimate of drug-likeness (QED) is 0.785. The second kappa shape index (κ2) is 5.89. The summed E-state index contributed by atoms with van der Waals surface area (Å²) in [4.78, 5) is 12.3. The summed E-state index contributed by atoms with van der Waals surface area (Å²) in [5.74, 6) is 0.550. The fraction of sp³-hybridized carbons (Fsp3) is 0.188. The smallest absolute Gasteiger partial charge is 0.170 e. The first kappa shape index (κ1) is 13.6. The van der Waals surface area contributed by atoms with Gasteiger partial charge in [0.2, 0.25) is 0 Å². The number of carbonyl (C=O) groups excluding carboxylic acids is 1. The highest BCUT2D eigenvalue weighted by Crippen LogP contribution is 2.24. The zero-order valence-corrected chi connectivity index (χ0v) is 11.7. The Hall–Kier alpha value is -1.80. The summed E-state index contributed by atoms with van der Waals surface area (Å²) in [6.45, 7) is 2.00. The van der Waals surface area contributed by atoms with Gasteiger partial charge in [0.25, 0.3) is 0 Å². The van der Waals surface area contributed by atoms with Gasteiger partial charge >= 0.3 is 0 Å². The molecule has 0 aromatic heterocycles. The van der Waals surface area contributed by atoms with Gasteiger partial charge in [0.1, 0.15) is 5.75 Å². The summed E-state index contributed by atoms with van der Waals surface area (Å²) in [7, 11) is 1.54. The summed E-state index contributed by atoms with van der Waals surface area (Å²) in [6.07, 6.45) is 0.366. The number of hydrogen-bond acceptors (Lipinski definition) is 2. The fourth-order valence-electron chi connectivity index (χ4n) is 1.97. The van der Waals surface area contributed by atoms with E-state index in [9.17, 15) is 4.79 Å². The largest absolute Gasteiger partial charge is 0.496 e. The van der Waals surface area contributed by atoms with Gasteiger partial charge in [-0.25, -0.2) is 0 Å². The standard InChI is InChI=1S/C16H15ClO2/c1-11-5-3-4-6-12(11)9-15(18)14-8-7-13(17)10-16(14)19-2/h3-8,10H,9H2,1-2H3. The lowest BCUT2D eigenvalue weighted by Gasteiger charge is -2.09. The van der Waals surface area contributed by atoms with E-state index in [2.05, 4.69) is 0 Å². The number of methoxy groups -OCH3 is 1. The lowest BCUT2D eigenvalue weighted by molar-refractivity contribution is 0.0990. The first-order valence-corrected chi connectivity index (χ1v) is 6.41. The van der Waals surface area contributed by atoms with Crippen molar-refractivity contribution in [1.82, 2.24) is 0 Å². The third kappa shape index (κ3) is 3.15. The van der Waals surface area contributed by atoms with Crippen molar-refractivity contribution < 1.29 is 9.53 Å². The number of ether oxygens (including phenoxy) is 1. The van der Waals surface area contributed by atoms with E-state index in [4.69, 9.17) is 16.3 Å². The van der Waals surface area contributed by atoms with Crippen molar-refractivity contribution in [2.24, 2.45) is 0 Å². The van der Waals surface area contributed by atoms with E-state index < -0.39 is 0 Å². The molecule has 0 N–H and O–H groups in total. The van der Waals surface area contributed by atoms with Crippen LogP contribution < -0.4 is 4.74 Å². The molecule has 2 aromatic rings. The van der Waals surface area contributed by atoms with Crippen molar-refractivity contribution in [1.29, 1.82) is 0 Å². The van der Waals surface area contributed by atoms with E-state index in [0.29, 0.717) is 22.8 Å². The predicted molar refractivity (Wildman–Crippen MR) is 77.2 cm³/mol. The highest BCUT2D eigenvalue weighted by molar-refractivity contribution is 6.30. The molecule has 0 heterocycles. The number of Topliss-reactive ketones (excluding diaryl/α,β-unsaturated/α-hetero) is 1. The average molecular weight is 275 g/mol. The normalized spacial score (nSPS) is 10.3. The second-order valence-electron chi connectivity index (χ2n) is 4.37. The first-order chi connectivity index (χ1) is 9.11. The Bertz CT molecular complexity index is 605. The van der Waals surface area contributed by atoms with Crippen LogP contribution in [0.5, 0.6) is 5.75 Å². The van der Waals surface area contributed by atoms with Crippen LogP contribution in [-0.4, -0.2) is 12.9 Å². The number of benzene rings is 2. The van der Waals surface area contributed by atoms with Gasteiger partial charge in [-0.1, -0.05) is 35.9 Å². The molecule has 0 bridgehead atoms. The lowest BCUT2D eigenvalue weighted by atomic mass is 9.99. The summed E-state index contributed by atoms with van der Waals surface area (Å²) in [5.41, 5.74) is 2.71. The van der Waals surface area contributed by atoms with Crippen molar-refractivity contribution in [2.75, 3.05) is 7.11 Å². The Morgan fingerprint density at radius 1 is 1.21 bits per heavy atom. The Morgan fingerprint density at radius 2 is 1.95 bits per heavy atom. The third-order valence-corrected chi connectivity index (χ3v) is 3.31. The minimum absolute atomic E-state index is 0.0304. The van der Waals surface area contributed by atoms with Gasteiger partial charge in [-0.15, -0.1) is 0 Å². The van der Waals surface area contributed by atoms with Crippen molar-refractivity contribution in [3.8, 4) is 5.75 Å². The molecule has 0 fully saturated rings. The molecule has 2 rings (SSSR count). The molecule has 0 atom stereocenters. The zero-order chi connectivity index (χ0) is 13.8. The maximum atomic E-state index is 12.3. The minimum atomic E-state index is 0.0304. The van der Waals surface area contributed by atoms with Crippen LogP contribution in [-0.2, 0) is 6.42 Å². The van der Waals surface area contributed by atoms with Crippen LogP contribution in [0, 0.1) is 6.92 Å². The van der Waals surface area contributed by atoms with Crippen molar-refractivity contribution in [2.45, 2.75) is 13.3 Å². The first-order valence-electron chi connectivity index (χ1n) is 6.03. The molecule has 19 heavy (non-hydrogen) atoms.